The Morgan fingerprint density at radius 3 is 2.26 bits per heavy atom. The Bertz CT molecular complexity index is 1300. The summed E-state index contributed by atoms with van der Waals surface area (Å²) in [6.45, 7) is 4.79. The molecule has 1 aliphatic heterocycles. The first-order chi connectivity index (χ1) is 16.8. The third-order valence-corrected chi connectivity index (χ3v) is 5.85. The average molecular weight is 535 g/mol. The largest absolute Gasteiger partial charge is 0.490 e. The number of anilines is 1. The van der Waals surface area contributed by atoms with E-state index in [1.807, 2.05) is 26.0 Å². The molecule has 35 heavy (non-hydrogen) atoms. The van der Waals surface area contributed by atoms with Gasteiger partial charge in [0.25, 0.3) is 11.8 Å². The average Bonchev–Trinajstić information content (AvgIpc) is 2.82. The number of aryl methyl sites for hydroxylation is 2. The van der Waals surface area contributed by atoms with Gasteiger partial charge in [0.15, 0.2) is 0 Å². The minimum absolute atomic E-state index is 0.136. The molecular formula is C27H23BrN2O5. The van der Waals surface area contributed by atoms with E-state index in [-0.39, 0.29) is 5.57 Å². The smallest absolute Gasteiger partial charge is 0.335 e. The van der Waals surface area contributed by atoms with Crippen LogP contribution in [0.4, 0.5) is 10.5 Å². The maximum Gasteiger partial charge on any atom is 0.335 e. The van der Waals surface area contributed by atoms with E-state index in [1.54, 1.807) is 48.5 Å². The van der Waals surface area contributed by atoms with Gasteiger partial charge in [-0.15, -0.1) is 0 Å². The minimum Gasteiger partial charge on any atom is -0.490 e. The van der Waals surface area contributed by atoms with Crippen molar-refractivity contribution >= 4 is 45.5 Å². The van der Waals surface area contributed by atoms with Crippen molar-refractivity contribution in [1.82, 2.24) is 5.32 Å². The number of hydrogen-bond acceptors (Lipinski definition) is 5. The summed E-state index contributed by atoms with van der Waals surface area (Å²) < 4.78 is 12.3. The Balaban J connectivity index is 1.39. The summed E-state index contributed by atoms with van der Waals surface area (Å²) >= 11 is 3.32. The van der Waals surface area contributed by atoms with Crippen LogP contribution in [-0.2, 0) is 9.59 Å². The van der Waals surface area contributed by atoms with Gasteiger partial charge in [-0.1, -0.05) is 45.8 Å². The molecule has 0 bridgehead atoms. The van der Waals surface area contributed by atoms with Crippen LogP contribution in [-0.4, -0.2) is 31.1 Å². The van der Waals surface area contributed by atoms with E-state index in [4.69, 9.17) is 9.47 Å². The van der Waals surface area contributed by atoms with Crippen LogP contribution in [0, 0.1) is 13.8 Å². The lowest BCUT2D eigenvalue weighted by molar-refractivity contribution is -0.122. The van der Waals surface area contributed by atoms with Crippen LogP contribution in [0.25, 0.3) is 6.08 Å². The maximum atomic E-state index is 13.0. The monoisotopic (exact) mass is 534 g/mol. The van der Waals surface area contributed by atoms with Crippen LogP contribution in [0.15, 0.2) is 76.8 Å². The van der Waals surface area contributed by atoms with Crippen molar-refractivity contribution < 1.29 is 23.9 Å². The molecule has 0 saturated carbocycles. The van der Waals surface area contributed by atoms with Crippen molar-refractivity contribution in [2.75, 3.05) is 18.1 Å². The van der Waals surface area contributed by atoms with Crippen molar-refractivity contribution in [3.63, 3.8) is 0 Å². The van der Waals surface area contributed by atoms with Crippen LogP contribution in [0.2, 0.25) is 0 Å². The SMILES string of the molecule is Cc1ccc(OCCOc2ccc(/C=C3\C(=O)NC(=O)N(c4ccc(Br)cc4)C3=O)cc2)c(C)c1. The highest BCUT2D eigenvalue weighted by atomic mass is 79.9. The van der Waals surface area contributed by atoms with Gasteiger partial charge in [0, 0.05) is 4.47 Å². The first-order valence-corrected chi connectivity index (χ1v) is 11.7. The number of rotatable bonds is 7. The van der Waals surface area contributed by atoms with E-state index in [0.717, 1.165) is 20.7 Å². The van der Waals surface area contributed by atoms with Crippen LogP contribution in [0.3, 0.4) is 0 Å². The fraction of sp³-hybridized carbons (Fsp3) is 0.148. The second kappa shape index (κ2) is 10.6. The Hall–Kier alpha value is -3.91. The molecule has 178 valence electrons. The van der Waals surface area contributed by atoms with Gasteiger partial charge in [-0.3, -0.25) is 14.9 Å². The first-order valence-electron chi connectivity index (χ1n) is 10.9. The number of nitrogens with zero attached hydrogens (tertiary/aromatic N) is 1. The predicted molar refractivity (Wildman–Crippen MR) is 136 cm³/mol. The number of carbonyl (C=O) groups excluding carboxylic acids is 3. The highest BCUT2D eigenvalue weighted by Gasteiger charge is 2.36. The quantitative estimate of drug-likeness (QED) is 0.256. The number of amides is 4. The lowest BCUT2D eigenvalue weighted by Crippen LogP contribution is -2.54. The van der Waals surface area contributed by atoms with E-state index in [0.29, 0.717) is 30.2 Å². The van der Waals surface area contributed by atoms with Gasteiger partial charge >= 0.3 is 6.03 Å². The van der Waals surface area contributed by atoms with Crippen molar-refractivity contribution in [2.45, 2.75) is 13.8 Å². The Morgan fingerprint density at radius 2 is 1.57 bits per heavy atom. The molecule has 0 unspecified atom stereocenters. The van der Waals surface area contributed by atoms with Gasteiger partial charge in [-0.2, -0.15) is 0 Å². The van der Waals surface area contributed by atoms with Gasteiger partial charge in [0.05, 0.1) is 5.69 Å². The summed E-state index contributed by atoms with van der Waals surface area (Å²) in [5.74, 6) is 0.0249. The van der Waals surface area contributed by atoms with Crippen LogP contribution in [0.5, 0.6) is 11.5 Å². The molecule has 4 amide bonds. The molecule has 3 aromatic carbocycles. The molecule has 1 fully saturated rings. The minimum atomic E-state index is -0.786. The number of barbiturate groups is 1. The second-order valence-electron chi connectivity index (χ2n) is 7.97. The molecule has 3 aromatic rings. The third kappa shape index (κ3) is 5.78. The highest BCUT2D eigenvalue weighted by Crippen LogP contribution is 2.24. The summed E-state index contributed by atoms with van der Waals surface area (Å²) in [5.41, 5.74) is 3.10. The predicted octanol–water partition coefficient (Wildman–Crippen LogP) is 5.19. The third-order valence-electron chi connectivity index (χ3n) is 5.32. The number of imide groups is 2. The molecule has 0 aromatic heterocycles. The maximum absolute atomic E-state index is 13.0. The van der Waals surface area contributed by atoms with E-state index in [1.165, 1.54) is 11.6 Å². The number of benzene rings is 3. The first kappa shape index (κ1) is 24.2. The molecule has 7 nitrogen and oxygen atoms in total. The number of hydrogen-bond donors (Lipinski definition) is 1. The standard InChI is InChI=1S/C27H23BrN2O5/c1-17-3-12-24(18(2)15-17)35-14-13-34-22-10-4-19(5-11-22)16-23-25(31)29-27(33)30(26(23)32)21-8-6-20(28)7-9-21/h3-12,15-16H,13-14H2,1-2H3,(H,29,31,33)/b23-16+. The lowest BCUT2D eigenvalue weighted by atomic mass is 10.1. The van der Waals surface area contributed by atoms with Gasteiger partial charge in [0.2, 0.25) is 0 Å². The number of carbonyl (C=O) groups is 3. The molecule has 1 saturated heterocycles. The summed E-state index contributed by atoms with van der Waals surface area (Å²) in [6.07, 6.45) is 1.45. The van der Waals surface area contributed by atoms with Crippen LogP contribution >= 0.6 is 15.9 Å². The van der Waals surface area contributed by atoms with Crippen molar-refractivity contribution in [1.29, 1.82) is 0 Å². The zero-order chi connectivity index (χ0) is 24.9. The Labute approximate surface area is 211 Å². The molecule has 4 rings (SSSR count). The lowest BCUT2D eigenvalue weighted by Gasteiger charge is -2.26. The van der Waals surface area contributed by atoms with E-state index >= 15 is 0 Å². The Kier molecular flexibility index (Phi) is 7.31. The summed E-state index contributed by atoms with van der Waals surface area (Å²) in [4.78, 5) is 38.6. The molecule has 0 atom stereocenters. The summed E-state index contributed by atoms with van der Waals surface area (Å²) in [6, 6.07) is 18.8. The fourth-order valence-corrected chi connectivity index (χ4v) is 3.85. The molecule has 0 spiro atoms. The molecular weight excluding hydrogens is 512 g/mol. The van der Waals surface area contributed by atoms with Crippen LogP contribution in [0.1, 0.15) is 16.7 Å². The topological polar surface area (TPSA) is 84.9 Å². The molecule has 8 heteroatoms. The van der Waals surface area contributed by atoms with Crippen molar-refractivity contribution in [2.24, 2.45) is 0 Å². The second-order valence-corrected chi connectivity index (χ2v) is 8.88. The molecule has 0 radical (unpaired) electrons. The summed E-state index contributed by atoms with van der Waals surface area (Å²) in [7, 11) is 0. The number of ether oxygens (including phenoxy) is 2. The van der Waals surface area contributed by atoms with Gasteiger partial charge in [-0.25, -0.2) is 9.69 Å². The molecule has 1 aliphatic rings. The number of nitrogens with one attached hydrogen (secondary N) is 1. The molecule has 1 N–H and O–H groups in total. The number of halogens is 1. The Morgan fingerprint density at radius 1 is 0.886 bits per heavy atom. The number of urea groups is 1. The zero-order valence-corrected chi connectivity index (χ0v) is 20.8. The fourth-order valence-electron chi connectivity index (χ4n) is 3.58. The molecule has 0 aliphatic carbocycles. The van der Waals surface area contributed by atoms with Crippen molar-refractivity contribution in [3.8, 4) is 11.5 Å². The van der Waals surface area contributed by atoms with Crippen molar-refractivity contribution in [3.05, 3.63) is 93.5 Å². The van der Waals surface area contributed by atoms with Crippen LogP contribution < -0.4 is 19.7 Å². The highest BCUT2D eigenvalue weighted by molar-refractivity contribution is 9.10. The van der Waals surface area contributed by atoms with Gasteiger partial charge in [-0.05, 0) is 73.5 Å². The van der Waals surface area contributed by atoms with E-state index in [2.05, 4.69) is 27.3 Å². The molecule has 1 heterocycles. The van der Waals surface area contributed by atoms with Gasteiger partial charge in [0.1, 0.15) is 30.3 Å². The van der Waals surface area contributed by atoms with E-state index in [9.17, 15) is 14.4 Å². The van der Waals surface area contributed by atoms with Gasteiger partial charge < -0.3 is 9.47 Å². The normalized spacial score (nSPS) is 14.8. The zero-order valence-electron chi connectivity index (χ0n) is 19.2. The van der Waals surface area contributed by atoms with E-state index < -0.39 is 17.8 Å². The summed E-state index contributed by atoms with van der Waals surface area (Å²) in [5, 5.41) is 2.22.